The number of hydrogen-bond donors (Lipinski definition) is 1. The quantitative estimate of drug-likeness (QED) is 0.803. The first-order valence-electron chi connectivity index (χ1n) is 7.01. The Morgan fingerprint density at radius 2 is 2.04 bits per heavy atom. The van der Waals surface area contributed by atoms with E-state index in [2.05, 4.69) is 20.7 Å². The summed E-state index contributed by atoms with van der Waals surface area (Å²) in [5.74, 6) is -0.369. The molecular formula is C16H14FN5O. The smallest absolute Gasteiger partial charge is 0.248 e. The van der Waals surface area contributed by atoms with Crippen molar-refractivity contribution in [2.75, 3.05) is 5.32 Å². The van der Waals surface area contributed by atoms with Gasteiger partial charge in [0.1, 0.15) is 12.4 Å². The number of hydrogen-bond acceptors (Lipinski definition) is 4. The van der Waals surface area contributed by atoms with Crippen LogP contribution in [-0.2, 0) is 11.3 Å². The van der Waals surface area contributed by atoms with Crippen molar-refractivity contribution < 1.29 is 9.18 Å². The Bertz CT molecular complexity index is 846. The maximum absolute atomic E-state index is 13.2. The highest BCUT2D eigenvalue weighted by Gasteiger charge is 2.10. The van der Waals surface area contributed by atoms with E-state index in [4.69, 9.17) is 0 Å². The van der Waals surface area contributed by atoms with Gasteiger partial charge in [0, 0.05) is 11.3 Å². The number of carbonyl (C=O) groups excluding carboxylic acids is 1. The van der Waals surface area contributed by atoms with Gasteiger partial charge >= 0.3 is 0 Å². The Morgan fingerprint density at radius 3 is 2.83 bits per heavy atom. The molecule has 0 unspecified atom stereocenters. The summed E-state index contributed by atoms with van der Waals surface area (Å²) in [6, 6.07) is 13.4. The molecule has 0 atom stereocenters. The topological polar surface area (TPSA) is 72.7 Å². The highest BCUT2D eigenvalue weighted by Crippen LogP contribution is 2.15. The van der Waals surface area contributed by atoms with E-state index in [0.29, 0.717) is 5.56 Å². The normalized spacial score (nSPS) is 10.5. The van der Waals surface area contributed by atoms with Crippen LogP contribution in [0.4, 0.5) is 10.1 Å². The average molecular weight is 311 g/mol. The van der Waals surface area contributed by atoms with E-state index in [-0.39, 0.29) is 24.1 Å². The van der Waals surface area contributed by atoms with Gasteiger partial charge in [-0.1, -0.05) is 30.3 Å². The Hall–Kier alpha value is -3.09. The van der Waals surface area contributed by atoms with Crippen molar-refractivity contribution in [1.29, 1.82) is 0 Å². The van der Waals surface area contributed by atoms with Crippen LogP contribution in [0.3, 0.4) is 0 Å². The number of aryl methyl sites for hydroxylation is 1. The summed E-state index contributed by atoms with van der Waals surface area (Å²) in [4.78, 5) is 13.2. The number of halogens is 1. The molecule has 1 aromatic heterocycles. The van der Waals surface area contributed by atoms with Crippen LogP contribution in [0.25, 0.3) is 11.4 Å². The monoisotopic (exact) mass is 311 g/mol. The lowest BCUT2D eigenvalue weighted by atomic mass is 10.2. The van der Waals surface area contributed by atoms with Crippen molar-refractivity contribution in [1.82, 2.24) is 20.2 Å². The number of anilines is 1. The zero-order chi connectivity index (χ0) is 16.2. The van der Waals surface area contributed by atoms with E-state index in [1.165, 1.54) is 16.9 Å². The lowest BCUT2D eigenvalue weighted by molar-refractivity contribution is -0.117. The first-order chi connectivity index (χ1) is 11.1. The third-order valence-corrected chi connectivity index (χ3v) is 3.24. The Labute approximate surface area is 132 Å². The number of nitrogens with zero attached hydrogens (tertiary/aromatic N) is 4. The van der Waals surface area contributed by atoms with Crippen LogP contribution in [-0.4, -0.2) is 26.1 Å². The number of amides is 1. The zero-order valence-electron chi connectivity index (χ0n) is 12.4. The van der Waals surface area contributed by atoms with Crippen molar-refractivity contribution in [2.24, 2.45) is 0 Å². The molecule has 3 rings (SSSR count). The predicted molar refractivity (Wildman–Crippen MR) is 83.0 cm³/mol. The third-order valence-electron chi connectivity index (χ3n) is 3.24. The van der Waals surface area contributed by atoms with E-state index in [9.17, 15) is 9.18 Å². The van der Waals surface area contributed by atoms with Crippen molar-refractivity contribution in [2.45, 2.75) is 13.5 Å². The molecule has 2 aromatic carbocycles. The van der Waals surface area contributed by atoms with Crippen LogP contribution in [0.15, 0.2) is 48.5 Å². The van der Waals surface area contributed by atoms with Gasteiger partial charge < -0.3 is 5.32 Å². The highest BCUT2D eigenvalue weighted by atomic mass is 19.1. The molecule has 0 bridgehead atoms. The maximum Gasteiger partial charge on any atom is 0.248 e. The number of benzene rings is 2. The number of para-hydroxylation sites is 1. The fourth-order valence-electron chi connectivity index (χ4n) is 2.08. The van der Waals surface area contributed by atoms with Crippen molar-refractivity contribution in [3.05, 3.63) is 59.9 Å². The van der Waals surface area contributed by atoms with Gasteiger partial charge in [-0.2, -0.15) is 4.80 Å². The van der Waals surface area contributed by atoms with Crippen molar-refractivity contribution >= 4 is 11.6 Å². The maximum atomic E-state index is 13.2. The molecule has 1 heterocycles. The van der Waals surface area contributed by atoms with Gasteiger partial charge in [0.2, 0.25) is 11.7 Å². The van der Waals surface area contributed by atoms with Crippen LogP contribution in [0.1, 0.15) is 5.56 Å². The minimum atomic E-state index is -0.379. The SMILES string of the molecule is Cc1ccccc1NC(=O)Cn1nnc(-c2cccc(F)c2)n1. The van der Waals surface area contributed by atoms with E-state index in [0.717, 1.165) is 11.3 Å². The lowest BCUT2D eigenvalue weighted by Gasteiger charge is -2.06. The summed E-state index contributed by atoms with van der Waals surface area (Å²) in [5.41, 5.74) is 2.21. The fourth-order valence-corrected chi connectivity index (χ4v) is 2.08. The molecule has 3 aromatic rings. The molecule has 0 spiro atoms. The highest BCUT2D eigenvalue weighted by molar-refractivity contribution is 5.91. The standard InChI is InChI=1S/C16H14FN5O/c1-11-5-2-3-8-14(11)18-15(23)10-22-20-16(19-21-22)12-6-4-7-13(17)9-12/h2-9H,10H2,1H3,(H,18,23). The molecule has 0 aliphatic heterocycles. The molecule has 23 heavy (non-hydrogen) atoms. The molecule has 0 aliphatic carbocycles. The van der Waals surface area contributed by atoms with Crippen LogP contribution in [0.2, 0.25) is 0 Å². The fraction of sp³-hybridized carbons (Fsp3) is 0.125. The van der Waals surface area contributed by atoms with E-state index in [1.807, 2.05) is 31.2 Å². The van der Waals surface area contributed by atoms with E-state index < -0.39 is 0 Å². The number of aromatic nitrogens is 4. The van der Waals surface area contributed by atoms with Gasteiger partial charge in [-0.05, 0) is 35.9 Å². The lowest BCUT2D eigenvalue weighted by Crippen LogP contribution is -2.20. The van der Waals surface area contributed by atoms with E-state index >= 15 is 0 Å². The third kappa shape index (κ3) is 3.57. The van der Waals surface area contributed by atoms with Gasteiger partial charge in [0.25, 0.3) is 0 Å². The van der Waals surface area contributed by atoms with Crippen LogP contribution >= 0.6 is 0 Å². The average Bonchev–Trinajstić information content (AvgIpc) is 2.98. The first kappa shape index (κ1) is 14.8. The van der Waals surface area contributed by atoms with Crippen LogP contribution in [0.5, 0.6) is 0 Å². The van der Waals surface area contributed by atoms with Gasteiger partial charge in [0.15, 0.2) is 0 Å². The molecule has 6 nitrogen and oxygen atoms in total. The zero-order valence-corrected chi connectivity index (χ0v) is 12.4. The summed E-state index contributed by atoms with van der Waals surface area (Å²) in [7, 11) is 0. The largest absolute Gasteiger partial charge is 0.324 e. The Balaban J connectivity index is 1.69. The minimum Gasteiger partial charge on any atom is -0.324 e. The molecule has 116 valence electrons. The van der Waals surface area contributed by atoms with Crippen molar-refractivity contribution in [3.8, 4) is 11.4 Å². The van der Waals surface area contributed by atoms with E-state index in [1.54, 1.807) is 12.1 Å². The second-order valence-electron chi connectivity index (χ2n) is 5.02. The van der Waals surface area contributed by atoms with Crippen LogP contribution < -0.4 is 5.32 Å². The predicted octanol–water partition coefficient (Wildman–Crippen LogP) is 2.43. The second-order valence-corrected chi connectivity index (χ2v) is 5.02. The number of carbonyl (C=O) groups is 1. The van der Waals surface area contributed by atoms with Crippen LogP contribution in [0, 0.1) is 12.7 Å². The number of tetrazole rings is 1. The molecular weight excluding hydrogens is 297 g/mol. The van der Waals surface area contributed by atoms with Gasteiger partial charge in [-0.3, -0.25) is 4.79 Å². The molecule has 7 heteroatoms. The van der Waals surface area contributed by atoms with Gasteiger partial charge in [0.05, 0.1) is 0 Å². The second kappa shape index (κ2) is 6.35. The van der Waals surface area contributed by atoms with Crippen molar-refractivity contribution in [3.63, 3.8) is 0 Å². The molecule has 0 fully saturated rings. The Kier molecular flexibility index (Phi) is 4.09. The van der Waals surface area contributed by atoms with Gasteiger partial charge in [-0.15, -0.1) is 10.2 Å². The molecule has 0 radical (unpaired) electrons. The first-order valence-corrected chi connectivity index (χ1v) is 7.01. The molecule has 1 N–H and O–H groups in total. The molecule has 1 amide bonds. The summed E-state index contributed by atoms with van der Waals surface area (Å²) < 4.78 is 13.2. The summed E-state index contributed by atoms with van der Waals surface area (Å²) in [6.45, 7) is 1.84. The molecule has 0 aliphatic rings. The summed E-state index contributed by atoms with van der Waals surface area (Å²) >= 11 is 0. The minimum absolute atomic E-state index is 0.0728. The molecule has 0 saturated heterocycles. The summed E-state index contributed by atoms with van der Waals surface area (Å²) in [6.07, 6.45) is 0. The Morgan fingerprint density at radius 1 is 1.22 bits per heavy atom. The van der Waals surface area contributed by atoms with Gasteiger partial charge in [-0.25, -0.2) is 4.39 Å². The molecule has 0 saturated carbocycles. The summed E-state index contributed by atoms with van der Waals surface area (Å²) in [5, 5.41) is 14.5. The number of rotatable bonds is 4. The number of nitrogens with one attached hydrogen (secondary N) is 1.